The number of hydrogen-bond acceptors (Lipinski definition) is 6. The molecule has 6 nitrogen and oxygen atoms in total. The third-order valence-electron chi connectivity index (χ3n) is 3.34. The molecule has 0 fully saturated rings. The third-order valence-corrected chi connectivity index (χ3v) is 4.46. The van der Waals surface area contributed by atoms with Crippen molar-refractivity contribution < 1.29 is 9.66 Å². The Kier molecular flexibility index (Phi) is 3.99. The largest absolute Gasteiger partial charge is 0.483 e. The molecule has 0 amide bonds. The summed E-state index contributed by atoms with van der Waals surface area (Å²) < 4.78 is 6.23. The number of fused-ring (bicyclic) bond motifs is 1. The molecule has 2 aromatic rings. The van der Waals surface area contributed by atoms with Gasteiger partial charge in [0, 0.05) is 16.6 Å². The van der Waals surface area contributed by atoms with Crippen molar-refractivity contribution >= 4 is 40.4 Å². The Hall–Kier alpha value is -2.12. The van der Waals surface area contributed by atoms with Crippen molar-refractivity contribution in [1.29, 1.82) is 0 Å². The molecule has 0 aliphatic carbocycles. The molecule has 8 heteroatoms. The predicted octanol–water partition coefficient (Wildman–Crippen LogP) is 4.50. The lowest BCUT2D eigenvalue weighted by molar-refractivity contribution is -0.384. The van der Waals surface area contributed by atoms with Crippen LogP contribution >= 0.6 is 22.9 Å². The number of halogens is 1. The lowest BCUT2D eigenvalue weighted by Gasteiger charge is -2.28. The number of benzene rings is 1. The molecule has 0 spiro atoms. The minimum absolute atomic E-state index is 0.0227. The van der Waals surface area contributed by atoms with Crippen molar-refractivity contribution in [3.05, 3.63) is 49.4 Å². The van der Waals surface area contributed by atoms with Gasteiger partial charge in [0.05, 0.1) is 17.5 Å². The second kappa shape index (κ2) is 5.82. The van der Waals surface area contributed by atoms with Crippen LogP contribution in [0.1, 0.15) is 24.3 Å². The van der Waals surface area contributed by atoms with E-state index >= 15 is 0 Å². The van der Waals surface area contributed by atoms with Crippen molar-refractivity contribution in [2.75, 3.05) is 5.32 Å². The van der Waals surface area contributed by atoms with Crippen LogP contribution in [0.2, 0.25) is 4.47 Å². The van der Waals surface area contributed by atoms with Gasteiger partial charge in [-0.05, 0) is 26.0 Å². The van der Waals surface area contributed by atoms with Gasteiger partial charge in [-0.25, -0.2) is 4.98 Å². The van der Waals surface area contributed by atoms with Gasteiger partial charge < -0.3 is 10.1 Å². The normalized spacial score (nSPS) is 14.9. The number of rotatable bonds is 4. The van der Waals surface area contributed by atoms with Crippen LogP contribution in [0.3, 0.4) is 0 Å². The van der Waals surface area contributed by atoms with E-state index in [1.165, 1.54) is 17.4 Å². The van der Waals surface area contributed by atoms with Gasteiger partial charge >= 0.3 is 0 Å². The first-order valence-electron chi connectivity index (χ1n) is 6.89. The minimum atomic E-state index is -0.477. The van der Waals surface area contributed by atoms with Crippen LogP contribution in [0, 0.1) is 10.1 Å². The fraction of sp³-hybridized carbons (Fsp3) is 0.267. The van der Waals surface area contributed by atoms with E-state index in [2.05, 4.69) is 10.3 Å². The second-order valence-electron chi connectivity index (χ2n) is 5.64. The van der Waals surface area contributed by atoms with Gasteiger partial charge in [0.15, 0.2) is 4.47 Å². The Balaban J connectivity index is 1.91. The van der Waals surface area contributed by atoms with Crippen LogP contribution in [0.25, 0.3) is 6.08 Å². The van der Waals surface area contributed by atoms with Crippen LogP contribution in [-0.2, 0) is 6.54 Å². The molecular weight excluding hydrogens is 338 g/mol. The molecule has 0 unspecified atom stereocenters. The molecule has 0 atom stereocenters. The molecule has 1 N–H and O–H groups in total. The zero-order valence-electron chi connectivity index (χ0n) is 12.5. The highest BCUT2D eigenvalue weighted by atomic mass is 35.5. The molecule has 0 radical (unpaired) electrons. The van der Waals surface area contributed by atoms with Crippen molar-refractivity contribution in [3.8, 4) is 5.75 Å². The van der Waals surface area contributed by atoms with Crippen molar-refractivity contribution in [2.45, 2.75) is 26.0 Å². The molecule has 120 valence electrons. The summed E-state index contributed by atoms with van der Waals surface area (Å²) in [5, 5.41) is 14.4. The quantitative estimate of drug-likeness (QED) is 0.648. The molecular formula is C15H14ClN3O3S. The fourth-order valence-corrected chi connectivity index (χ4v) is 3.17. The molecule has 3 rings (SSSR count). The first kappa shape index (κ1) is 15.8. The summed E-state index contributed by atoms with van der Waals surface area (Å²) in [4.78, 5) is 15.8. The average molecular weight is 352 g/mol. The summed E-state index contributed by atoms with van der Waals surface area (Å²) in [6, 6.07) is 3.18. The number of ether oxygens (including phenoxy) is 1. The first-order chi connectivity index (χ1) is 10.8. The smallest absolute Gasteiger partial charge is 0.296 e. The van der Waals surface area contributed by atoms with Crippen LogP contribution in [0.5, 0.6) is 5.75 Å². The van der Waals surface area contributed by atoms with Gasteiger partial charge in [-0.2, -0.15) is 0 Å². The molecule has 1 aromatic heterocycles. The zero-order valence-corrected chi connectivity index (χ0v) is 14.1. The number of nitrogens with zero attached hydrogens (tertiary/aromatic N) is 2. The van der Waals surface area contributed by atoms with Gasteiger partial charge in [0.25, 0.3) is 5.69 Å². The lowest BCUT2D eigenvalue weighted by Crippen LogP contribution is -2.27. The Labute approximate surface area is 141 Å². The summed E-state index contributed by atoms with van der Waals surface area (Å²) in [6.07, 6.45) is 5.49. The maximum Gasteiger partial charge on any atom is 0.296 e. The summed E-state index contributed by atoms with van der Waals surface area (Å²) in [7, 11) is 0. The van der Waals surface area contributed by atoms with E-state index in [1.54, 1.807) is 12.3 Å². The van der Waals surface area contributed by atoms with Crippen LogP contribution in [0.4, 0.5) is 11.4 Å². The van der Waals surface area contributed by atoms with Crippen molar-refractivity contribution in [3.63, 3.8) is 0 Å². The average Bonchev–Trinajstić information content (AvgIpc) is 2.89. The molecule has 23 heavy (non-hydrogen) atoms. The fourth-order valence-electron chi connectivity index (χ4n) is 2.25. The maximum atomic E-state index is 11.3. The molecule has 2 heterocycles. The Morgan fingerprint density at radius 3 is 2.91 bits per heavy atom. The molecule has 1 aliphatic heterocycles. The van der Waals surface area contributed by atoms with Crippen molar-refractivity contribution in [2.24, 2.45) is 0 Å². The third kappa shape index (κ3) is 3.46. The highest BCUT2D eigenvalue weighted by molar-refractivity contribution is 7.15. The lowest BCUT2D eigenvalue weighted by atomic mass is 10.0. The second-order valence-corrected chi connectivity index (χ2v) is 7.33. The number of nitro benzene ring substituents is 1. The van der Waals surface area contributed by atoms with E-state index in [4.69, 9.17) is 16.3 Å². The molecule has 0 saturated carbocycles. The predicted molar refractivity (Wildman–Crippen MR) is 91.3 cm³/mol. The van der Waals surface area contributed by atoms with Gasteiger partial charge in [-0.15, -0.1) is 11.3 Å². The monoisotopic (exact) mass is 351 g/mol. The molecule has 0 saturated heterocycles. The first-order valence-corrected chi connectivity index (χ1v) is 8.08. The zero-order chi connectivity index (χ0) is 16.6. The SMILES string of the molecule is CC1(C)C=Cc2cc(NCc3cnc(Cl)s3)c([N+](=O)[O-])cc2O1. The number of nitrogens with one attached hydrogen (secondary N) is 1. The highest BCUT2D eigenvalue weighted by Gasteiger charge is 2.26. The highest BCUT2D eigenvalue weighted by Crippen LogP contribution is 2.38. The Morgan fingerprint density at radius 2 is 2.26 bits per heavy atom. The van der Waals surface area contributed by atoms with Crippen LogP contribution in [-0.4, -0.2) is 15.5 Å². The van der Waals surface area contributed by atoms with Gasteiger partial charge in [-0.3, -0.25) is 10.1 Å². The number of hydrogen-bond donors (Lipinski definition) is 1. The minimum Gasteiger partial charge on any atom is -0.483 e. The van der Waals surface area contributed by atoms with E-state index in [0.717, 1.165) is 10.4 Å². The number of nitro groups is 1. The van der Waals surface area contributed by atoms with E-state index < -0.39 is 10.5 Å². The maximum absolute atomic E-state index is 11.3. The molecule has 1 aromatic carbocycles. The van der Waals surface area contributed by atoms with Gasteiger partial charge in [-0.1, -0.05) is 17.7 Å². The standard InChI is InChI=1S/C15H14ClN3O3S/c1-15(2)4-3-9-5-11(12(19(20)21)6-13(9)22-15)17-7-10-8-18-14(16)23-10/h3-6,8,17H,7H2,1-2H3. The van der Waals surface area contributed by atoms with Gasteiger partial charge in [0.2, 0.25) is 0 Å². The van der Waals surface area contributed by atoms with Crippen LogP contribution < -0.4 is 10.1 Å². The summed E-state index contributed by atoms with van der Waals surface area (Å²) >= 11 is 7.12. The Bertz CT molecular complexity index is 801. The summed E-state index contributed by atoms with van der Waals surface area (Å²) in [5.41, 5.74) is 0.742. The molecule has 0 bridgehead atoms. The van der Waals surface area contributed by atoms with E-state index in [0.29, 0.717) is 22.4 Å². The van der Waals surface area contributed by atoms with Gasteiger partial charge in [0.1, 0.15) is 17.0 Å². The van der Waals surface area contributed by atoms with E-state index in [9.17, 15) is 10.1 Å². The van der Waals surface area contributed by atoms with Crippen molar-refractivity contribution in [1.82, 2.24) is 4.98 Å². The number of thiazole rings is 1. The number of anilines is 1. The number of aromatic nitrogens is 1. The summed E-state index contributed by atoms with van der Waals surface area (Å²) in [5.74, 6) is 0.510. The molecule has 1 aliphatic rings. The van der Waals surface area contributed by atoms with Crippen LogP contribution in [0.15, 0.2) is 24.4 Å². The summed E-state index contributed by atoms with van der Waals surface area (Å²) in [6.45, 7) is 4.22. The topological polar surface area (TPSA) is 77.3 Å². The Morgan fingerprint density at radius 1 is 1.48 bits per heavy atom. The van der Waals surface area contributed by atoms with E-state index in [1.807, 2.05) is 26.0 Å². The van der Waals surface area contributed by atoms with E-state index in [-0.39, 0.29) is 5.69 Å².